The predicted molar refractivity (Wildman–Crippen MR) is 81.6 cm³/mol. The molecule has 0 radical (unpaired) electrons. The number of nitrogens with zero attached hydrogens (tertiary/aromatic N) is 3. The summed E-state index contributed by atoms with van der Waals surface area (Å²) >= 11 is 0. The third-order valence-electron chi connectivity index (χ3n) is 3.25. The van der Waals surface area contributed by atoms with E-state index in [9.17, 15) is 4.79 Å². The fourth-order valence-electron chi connectivity index (χ4n) is 2.23. The van der Waals surface area contributed by atoms with E-state index < -0.39 is 0 Å². The van der Waals surface area contributed by atoms with Gasteiger partial charge in [0.25, 0.3) is 11.5 Å². The fraction of sp³-hybridized carbons (Fsp3) is 0.188. The molecule has 0 aliphatic rings. The second kappa shape index (κ2) is 5.01. The van der Waals surface area contributed by atoms with Crippen molar-refractivity contribution in [1.29, 1.82) is 0 Å². The Morgan fingerprint density at radius 1 is 0.952 bits per heavy atom. The lowest BCUT2D eigenvalue weighted by Crippen LogP contribution is -2.17. The summed E-state index contributed by atoms with van der Waals surface area (Å²) in [6, 6.07) is 11.4. The standard InChI is InChI=1S/C16H16N4O/c1-10-4-6-13(7-5-10)14-9-15(21)20(19-14)16-17-11(2)8-12(3)18-16/h4-9,19H,1-3H3. The first-order valence-electron chi connectivity index (χ1n) is 6.75. The first kappa shape index (κ1) is 13.3. The Morgan fingerprint density at radius 2 is 1.57 bits per heavy atom. The number of hydrogen-bond donors (Lipinski definition) is 1. The van der Waals surface area contributed by atoms with E-state index in [0.29, 0.717) is 5.95 Å². The van der Waals surface area contributed by atoms with Crippen molar-refractivity contribution in [3.8, 4) is 17.2 Å². The predicted octanol–water partition coefficient (Wildman–Crippen LogP) is 2.55. The molecule has 0 spiro atoms. The highest BCUT2D eigenvalue weighted by atomic mass is 16.1. The van der Waals surface area contributed by atoms with Crippen LogP contribution in [-0.2, 0) is 0 Å². The number of rotatable bonds is 2. The topological polar surface area (TPSA) is 63.6 Å². The Hall–Kier alpha value is -2.69. The number of hydrogen-bond acceptors (Lipinski definition) is 3. The van der Waals surface area contributed by atoms with Crippen molar-refractivity contribution < 1.29 is 0 Å². The van der Waals surface area contributed by atoms with Gasteiger partial charge in [0.1, 0.15) is 0 Å². The molecule has 0 atom stereocenters. The molecule has 0 unspecified atom stereocenters. The van der Waals surface area contributed by atoms with Gasteiger partial charge in [-0.2, -0.15) is 4.68 Å². The second-order valence-electron chi connectivity index (χ2n) is 5.16. The van der Waals surface area contributed by atoms with Crippen molar-refractivity contribution in [3.05, 3.63) is 63.7 Å². The number of nitrogens with one attached hydrogen (secondary N) is 1. The first-order valence-corrected chi connectivity index (χ1v) is 6.75. The van der Waals surface area contributed by atoms with Gasteiger partial charge in [-0.3, -0.25) is 9.89 Å². The van der Waals surface area contributed by atoms with E-state index in [2.05, 4.69) is 15.1 Å². The van der Waals surface area contributed by atoms with E-state index in [4.69, 9.17) is 0 Å². The molecule has 2 aromatic heterocycles. The smallest absolute Gasteiger partial charge is 0.274 e. The Kier molecular flexibility index (Phi) is 3.17. The summed E-state index contributed by atoms with van der Waals surface area (Å²) < 4.78 is 1.37. The molecule has 0 amide bonds. The molecule has 2 heterocycles. The lowest BCUT2D eigenvalue weighted by Gasteiger charge is -2.03. The second-order valence-corrected chi connectivity index (χ2v) is 5.16. The van der Waals surface area contributed by atoms with Gasteiger partial charge in [0.2, 0.25) is 0 Å². The number of aromatic amines is 1. The maximum atomic E-state index is 12.2. The molecule has 0 saturated carbocycles. The minimum absolute atomic E-state index is 0.171. The zero-order chi connectivity index (χ0) is 15.0. The van der Waals surface area contributed by atoms with Crippen LogP contribution in [0.4, 0.5) is 0 Å². The third-order valence-corrected chi connectivity index (χ3v) is 3.25. The van der Waals surface area contributed by atoms with Gasteiger partial charge in [-0.25, -0.2) is 9.97 Å². The van der Waals surface area contributed by atoms with Gasteiger partial charge in [-0.05, 0) is 32.4 Å². The molecular weight excluding hydrogens is 264 g/mol. The van der Waals surface area contributed by atoms with Crippen molar-refractivity contribution in [1.82, 2.24) is 19.7 Å². The summed E-state index contributed by atoms with van der Waals surface area (Å²) in [6.07, 6.45) is 0. The molecule has 3 aromatic rings. The number of aryl methyl sites for hydroxylation is 3. The average Bonchev–Trinajstić information content (AvgIpc) is 2.80. The third kappa shape index (κ3) is 2.63. The molecule has 21 heavy (non-hydrogen) atoms. The first-order chi connectivity index (χ1) is 10.0. The highest BCUT2D eigenvalue weighted by Crippen LogP contribution is 2.16. The molecule has 0 saturated heterocycles. The van der Waals surface area contributed by atoms with Crippen molar-refractivity contribution >= 4 is 0 Å². The minimum atomic E-state index is -0.171. The van der Waals surface area contributed by atoms with Crippen LogP contribution in [0.1, 0.15) is 17.0 Å². The Labute approximate surface area is 122 Å². The van der Waals surface area contributed by atoms with Crippen LogP contribution < -0.4 is 5.56 Å². The van der Waals surface area contributed by atoms with Crippen LogP contribution in [0.3, 0.4) is 0 Å². The van der Waals surface area contributed by atoms with Gasteiger partial charge in [-0.15, -0.1) is 0 Å². The van der Waals surface area contributed by atoms with Crippen LogP contribution in [0, 0.1) is 20.8 Å². The molecule has 3 rings (SSSR count). The normalized spacial score (nSPS) is 10.8. The Bertz CT molecular complexity index is 823. The van der Waals surface area contributed by atoms with E-state index in [1.807, 2.05) is 51.1 Å². The SMILES string of the molecule is Cc1ccc(-c2cc(=O)n(-c3nc(C)cc(C)n3)[nH]2)cc1. The molecule has 5 heteroatoms. The van der Waals surface area contributed by atoms with E-state index in [1.165, 1.54) is 10.2 Å². The zero-order valence-electron chi connectivity index (χ0n) is 12.2. The van der Waals surface area contributed by atoms with Gasteiger partial charge < -0.3 is 0 Å². The van der Waals surface area contributed by atoms with Crippen LogP contribution in [0.2, 0.25) is 0 Å². The van der Waals surface area contributed by atoms with Crippen LogP contribution in [0.5, 0.6) is 0 Å². The Balaban J connectivity index is 2.09. The van der Waals surface area contributed by atoms with E-state index in [0.717, 1.165) is 22.6 Å². The Morgan fingerprint density at radius 3 is 2.19 bits per heavy atom. The van der Waals surface area contributed by atoms with Gasteiger partial charge in [0.15, 0.2) is 0 Å². The fourth-order valence-corrected chi connectivity index (χ4v) is 2.23. The monoisotopic (exact) mass is 280 g/mol. The summed E-state index contributed by atoms with van der Waals surface area (Å²) in [4.78, 5) is 20.8. The lowest BCUT2D eigenvalue weighted by molar-refractivity contribution is 0.773. The van der Waals surface area contributed by atoms with Gasteiger partial charge >= 0.3 is 0 Å². The van der Waals surface area contributed by atoms with E-state index in [-0.39, 0.29) is 5.56 Å². The summed E-state index contributed by atoms with van der Waals surface area (Å²) in [7, 11) is 0. The molecule has 1 N–H and O–H groups in total. The summed E-state index contributed by atoms with van der Waals surface area (Å²) in [5, 5.41) is 3.07. The van der Waals surface area contributed by atoms with Crippen molar-refractivity contribution in [2.75, 3.05) is 0 Å². The van der Waals surface area contributed by atoms with Crippen LogP contribution in [0.25, 0.3) is 17.2 Å². The van der Waals surface area contributed by atoms with Crippen LogP contribution >= 0.6 is 0 Å². The average molecular weight is 280 g/mol. The number of aromatic nitrogens is 4. The molecule has 0 fully saturated rings. The summed E-state index contributed by atoms with van der Waals surface area (Å²) in [5.41, 5.74) is 4.38. The maximum Gasteiger partial charge on any atom is 0.274 e. The van der Waals surface area contributed by atoms with Gasteiger partial charge in [-0.1, -0.05) is 29.8 Å². The molecule has 0 bridgehead atoms. The van der Waals surface area contributed by atoms with E-state index in [1.54, 1.807) is 6.07 Å². The molecule has 0 aliphatic carbocycles. The van der Waals surface area contributed by atoms with Crippen LogP contribution in [0.15, 0.2) is 41.2 Å². The van der Waals surface area contributed by atoms with Crippen LogP contribution in [-0.4, -0.2) is 19.7 Å². The quantitative estimate of drug-likeness (QED) is 0.784. The van der Waals surface area contributed by atoms with Crippen molar-refractivity contribution in [2.45, 2.75) is 20.8 Å². The molecule has 5 nitrogen and oxygen atoms in total. The summed E-state index contributed by atoms with van der Waals surface area (Å²) in [6.45, 7) is 5.79. The highest BCUT2D eigenvalue weighted by Gasteiger charge is 2.10. The maximum absolute atomic E-state index is 12.2. The number of H-pyrrole nitrogens is 1. The lowest BCUT2D eigenvalue weighted by atomic mass is 10.1. The molecule has 106 valence electrons. The van der Waals surface area contributed by atoms with Gasteiger partial charge in [0, 0.05) is 17.5 Å². The van der Waals surface area contributed by atoms with Crippen molar-refractivity contribution in [3.63, 3.8) is 0 Å². The number of benzene rings is 1. The summed E-state index contributed by atoms with van der Waals surface area (Å²) in [5.74, 6) is 0.371. The molecule has 0 aliphatic heterocycles. The highest BCUT2D eigenvalue weighted by molar-refractivity contribution is 5.59. The minimum Gasteiger partial charge on any atom is -0.288 e. The van der Waals surface area contributed by atoms with E-state index >= 15 is 0 Å². The van der Waals surface area contributed by atoms with Gasteiger partial charge in [0.05, 0.1) is 5.69 Å². The zero-order valence-corrected chi connectivity index (χ0v) is 12.2. The largest absolute Gasteiger partial charge is 0.288 e. The van der Waals surface area contributed by atoms with Crippen molar-refractivity contribution in [2.24, 2.45) is 0 Å². The molecular formula is C16H16N4O. The molecule has 1 aromatic carbocycles.